The molecule has 1 aliphatic rings. The van der Waals surface area contributed by atoms with Gasteiger partial charge in [-0.05, 0) is 31.0 Å². The molecule has 2 heterocycles. The van der Waals surface area contributed by atoms with Gasteiger partial charge >= 0.3 is 0 Å². The van der Waals surface area contributed by atoms with Crippen LogP contribution in [-0.4, -0.2) is 23.4 Å². The lowest BCUT2D eigenvalue weighted by molar-refractivity contribution is -0.117. The predicted octanol–water partition coefficient (Wildman–Crippen LogP) is 2.22. The molecule has 1 aromatic heterocycles. The van der Waals surface area contributed by atoms with Crippen LogP contribution in [0.3, 0.4) is 0 Å². The second kappa shape index (κ2) is 6.50. The molecule has 4 nitrogen and oxygen atoms in total. The Bertz CT molecular complexity index is 765. The Hall–Kier alpha value is -2.20. The zero-order valence-corrected chi connectivity index (χ0v) is 13.6. The van der Waals surface area contributed by atoms with Gasteiger partial charge in [-0.1, -0.05) is 30.3 Å². The molecule has 0 amide bonds. The van der Waals surface area contributed by atoms with E-state index in [1.165, 1.54) is 12.5 Å². The topological polar surface area (TPSA) is 51.1 Å². The van der Waals surface area contributed by atoms with Gasteiger partial charge in [0.15, 0.2) is 0 Å². The number of aromatic nitrogens is 1. The van der Waals surface area contributed by atoms with E-state index >= 15 is 0 Å². The van der Waals surface area contributed by atoms with E-state index in [-0.39, 0.29) is 23.8 Å². The third kappa shape index (κ3) is 3.27. The molecule has 1 aromatic carbocycles. The highest BCUT2D eigenvalue weighted by molar-refractivity contribution is 5.75. The summed E-state index contributed by atoms with van der Waals surface area (Å²) in [5, 5.41) is 3.44. The molecule has 1 saturated heterocycles. The van der Waals surface area contributed by atoms with Gasteiger partial charge in [-0.2, -0.15) is 0 Å². The van der Waals surface area contributed by atoms with Gasteiger partial charge in [-0.3, -0.25) is 9.59 Å². The Balaban J connectivity index is 1.95. The van der Waals surface area contributed by atoms with Crippen LogP contribution in [0.1, 0.15) is 35.6 Å². The first-order valence-electron chi connectivity index (χ1n) is 8.02. The van der Waals surface area contributed by atoms with E-state index in [2.05, 4.69) is 35.6 Å². The molecule has 0 radical (unpaired) electrons. The zero-order chi connectivity index (χ0) is 16.4. The van der Waals surface area contributed by atoms with Gasteiger partial charge in [0.25, 0.3) is 5.56 Å². The maximum atomic E-state index is 12.4. The molecule has 0 saturated carbocycles. The summed E-state index contributed by atoms with van der Waals surface area (Å²) in [7, 11) is 0. The zero-order valence-electron chi connectivity index (χ0n) is 13.6. The molecule has 1 aliphatic heterocycles. The van der Waals surface area contributed by atoms with E-state index < -0.39 is 0 Å². The molecule has 3 rings (SSSR count). The van der Waals surface area contributed by atoms with Crippen LogP contribution in [0, 0.1) is 6.92 Å². The van der Waals surface area contributed by atoms with Crippen LogP contribution in [0.5, 0.6) is 0 Å². The normalized spacial score (nSPS) is 20.6. The van der Waals surface area contributed by atoms with E-state index in [1.807, 2.05) is 13.0 Å². The summed E-state index contributed by atoms with van der Waals surface area (Å²) < 4.78 is 1.55. The van der Waals surface area contributed by atoms with Gasteiger partial charge in [-0.25, -0.2) is 0 Å². The van der Waals surface area contributed by atoms with Crippen LogP contribution in [0.2, 0.25) is 0 Å². The van der Waals surface area contributed by atoms with Crippen molar-refractivity contribution in [2.24, 2.45) is 0 Å². The van der Waals surface area contributed by atoms with Crippen molar-refractivity contribution in [3.05, 3.63) is 69.6 Å². The average Bonchev–Trinajstić information content (AvgIpc) is 3.01. The third-order valence-corrected chi connectivity index (χ3v) is 4.61. The first-order chi connectivity index (χ1) is 11.1. The lowest BCUT2D eigenvalue weighted by Gasteiger charge is -2.20. The molecule has 0 bridgehead atoms. The van der Waals surface area contributed by atoms with Gasteiger partial charge in [0.1, 0.15) is 5.78 Å². The number of pyridine rings is 1. The van der Waals surface area contributed by atoms with Gasteiger partial charge in [0.05, 0.1) is 6.54 Å². The fourth-order valence-corrected chi connectivity index (χ4v) is 3.47. The minimum atomic E-state index is -0.0890. The summed E-state index contributed by atoms with van der Waals surface area (Å²) in [4.78, 5) is 23.7. The van der Waals surface area contributed by atoms with E-state index in [9.17, 15) is 9.59 Å². The number of ketones is 1. The van der Waals surface area contributed by atoms with Crippen LogP contribution in [0.4, 0.5) is 0 Å². The molecular weight excluding hydrogens is 288 g/mol. The van der Waals surface area contributed by atoms with Crippen molar-refractivity contribution >= 4 is 5.78 Å². The maximum absolute atomic E-state index is 12.4. The third-order valence-electron chi connectivity index (χ3n) is 4.61. The number of hydrogen-bond donors (Lipinski definition) is 1. The van der Waals surface area contributed by atoms with Gasteiger partial charge in [0, 0.05) is 36.7 Å². The van der Waals surface area contributed by atoms with E-state index in [1.54, 1.807) is 10.6 Å². The van der Waals surface area contributed by atoms with Crippen LogP contribution >= 0.6 is 0 Å². The fraction of sp³-hybridized carbons (Fsp3) is 0.368. The Morgan fingerprint density at radius 1 is 1.13 bits per heavy atom. The number of benzene rings is 1. The minimum absolute atomic E-state index is 0.00681. The Kier molecular flexibility index (Phi) is 4.44. The van der Waals surface area contributed by atoms with Crippen molar-refractivity contribution < 1.29 is 4.79 Å². The highest BCUT2D eigenvalue weighted by atomic mass is 16.1. The summed E-state index contributed by atoms with van der Waals surface area (Å²) in [6.45, 7) is 5.34. The fourth-order valence-electron chi connectivity index (χ4n) is 3.47. The molecule has 2 aromatic rings. The molecule has 1 N–H and O–H groups in total. The summed E-state index contributed by atoms with van der Waals surface area (Å²) in [5.41, 5.74) is 3.12. The first-order valence-corrected chi connectivity index (χ1v) is 8.02. The van der Waals surface area contributed by atoms with Gasteiger partial charge in [0.2, 0.25) is 0 Å². The summed E-state index contributed by atoms with van der Waals surface area (Å²) in [6.07, 6.45) is 0. The Morgan fingerprint density at radius 3 is 2.39 bits per heavy atom. The quantitative estimate of drug-likeness (QED) is 0.942. The minimum Gasteiger partial charge on any atom is -0.315 e. The van der Waals surface area contributed by atoms with Crippen molar-refractivity contribution in [2.45, 2.75) is 32.2 Å². The highest BCUT2D eigenvalue weighted by Crippen LogP contribution is 2.35. The van der Waals surface area contributed by atoms with Crippen LogP contribution in [0.15, 0.2) is 47.3 Å². The van der Waals surface area contributed by atoms with E-state index in [0.717, 1.165) is 24.3 Å². The van der Waals surface area contributed by atoms with E-state index in [4.69, 9.17) is 0 Å². The first kappa shape index (κ1) is 15.7. The molecule has 2 atom stereocenters. The standard InChI is InChI=1S/C19H22N2O2/c1-13-8-16(9-19(23)21(13)12-14(2)22)18-11-20-10-17(18)15-6-4-3-5-7-15/h3-9,17-18,20H,10-12H2,1-2H3/t17-,18+/m0/s1. The summed E-state index contributed by atoms with van der Waals surface area (Å²) in [6, 6.07) is 14.2. The van der Waals surface area contributed by atoms with Crippen LogP contribution in [0.25, 0.3) is 0 Å². The predicted molar refractivity (Wildman–Crippen MR) is 90.9 cm³/mol. The SMILES string of the molecule is CC(=O)Cn1c(C)cc([C@H]2CNC[C@H]2c2ccccc2)cc1=O. The molecule has 0 spiro atoms. The number of Topliss-reactive ketones (excluding diaryl/α,β-unsaturated/α-hetero) is 1. The number of rotatable bonds is 4. The van der Waals surface area contributed by atoms with Crippen LogP contribution in [-0.2, 0) is 11.3 Å². The maximum Gasteiger partial charge on any atom is 0.251 e. The molecule has 120 valence electrons. The summed E-state index contributed by atoms with van der Waals surface area (Å²) >= 11 is 0. The van der Waals surface area contributed by atoms with Crippen molar-refractivity contribution in [1.82, 2.24) is 9.88 Å². The second-order valence-electron chi connectivity index (χ2n) is 6.34. The lowest BCUT2D eigenvalue weighted by atomic mass is 9.84. The van der Waals surface area contributed by atoms with Crippen molar-refractivity contribution in [1.29, 1.82) is 0 Å². The second-order valence-corrected chi connectivity index (χ2v) is 6.34. The summed E-state index contributed by atoms with van der Waals surface area (Å²) in [5.74, 6) is 0.655. The number of nitrogens with zero attached hydrogens (tertiary/aromatic N) is 1. The van der Waals surface area contributed by atoms with Crippen molar-refractivity contribution in [3.8, 4) is 0 Å². The molecule has 23 heavy (non-hydrogen) atoms. The van der Waals surface area contributed by atoms with Gasteiger partial charge in [-0.15, -0.1) is 0 Å². The molecule has 0 unspecified atom stereocenters. The molecule has 1 fully saturated rings. The number of carbonyl (C=O) groups is 1. The van der Waals surface area contributed by atoms with E-state index in [0.29, 0.717) is 5.92 Å². The number of nitrogens with one attached hydrogen (secondary N) is 1. The molecular formula is C19H22N2O2. The number of aryl methyl sites for hydroxylation is 1. The largest absolute Gasteiger partial charge is 0.315 e. The average molecular weight is 310 g/mol. The molecule has 4 heteroatoms. The Labute approximate surface area is 136 Å². The Morgan fingerprint density at radius 2 is 1.78 bits per heavy atom. The molecule has 0 aliphatic carbocycles. The monoisotopic (exact) mass is 310 g/mol. The van der Waals surface area contributed by atoms with Crippen molar-refractivity contribution in [2.75, 3.05) is 13.1 Å². The number of hydrogen-bond acceptors (Lipinski definition) is 3. The smallest absolute Gasteiger partial charge is 0.251 e. The van der Waals surface area contributed by atoms with Gasteiger partial charge < -0.3 is 9.88 Å². The number of carbonyl (C=O) groups excluding carboxylic acids is 1. The van der Waals surface area contributed by atoms with Crippen LogP contribution < -0.4 is 10.9 Å². The highest BCUT2D eigenvalue weighted by Gasteiger charge is 2.30. The lowest BCUT2D eigenvalue weighted by Crippen LogP contribution is -2.26. The van der Waals surface area contributed by atoms with Crippen molar-refractivity contribution in [3.63, 3.8) is 0 Å².